The lowest BCUT2D eigenvalue weighted by atomic mass is 10.3. The third-order valence-electron chi connectivity index (χ3n) is 3.33. The van der Waals surface area contributed by atoms with Crippen LogP contribution in [0, 0.1) is 0 Å². The van der Waals surface area contributed by atoms with Crippen molar-refractivity contribution in [1.29, 1.82) is 0 Å². The Morgan fingerprint density at radius 1 is 1.20 bits per heavy atom. The molecule has 0 atom stereocenters. The van der Waals surface area contributed by atoms with Crippen LogP contribution in [0.25, 0.3) is 5.69 Å². The SMILES string of the molecule is COc1ccc(-n2nnnc2C/C=N\Nc2ccc(Cl)cc2Cl)cc1. The lowest BCUT2D eigenvalue weighted by Gasteiger charge is -2.05. The van der Waals surface area contributed by atoms with Crippen molar-refractivity contribution < 1.29 is 4.74 Å². The van der Waals surface area contributed by atoms with Crippen LogP contribution >= 0.6 is 23.2 Å². The van der Waals surface area contributed by atoms with Crippen LogP contribution in [0.3, 0.4) is 0 Å². The van der Waals surface area contributed by atoms with Crippen LogP contribution in [0.15, 0.2) is 47.6 Å². The number of halogens is 2. The zero-order valence-electron chi connectivity index (χ0n) is 13.2. The molecule has 0 aliphatic carbocycles. The van der Waals surface area contributed by atoms with Gasteiger partial charge in [-0.1, -0.05) is 23.2 Å². The van der Waals surface area contributed by atoms with Gasteiger partial charge in [0.1, 0.15) is 5.75 Å². The standard InChI is InChI=1S/C16H14Cl2N6O/c1-25-13-5-3-12(4-6-13)24-16(21-22-23-24)8-9-19-20-15-7-2-11(17)10-14(15)18/h2-7,9-10,20H,8H2,1H3/b19-9-. The Labute approximate surface area is 154 Å². The molecular formula is C16H14Cl2N6O. The lowest BCUT2D eigenvalue weighted by Crippen LogP contribution is -2.04. The molecule has 128 valence electrons. The second kappa shape index (κ2) is 7.96. The highest BCUT2D eigenvalue weighted by Crippen LogP contribution is 2.25. The summed E-state index contributed by atoms with van der Waals surface area (Å²) in [6, 6.07) is 12.6. The van der Waals surface area contributed by atoms with Crippen molar-refractivity contribution >= 4 is 35.1 Å². The summed E-state index contributed by atoms with van der Waals surface area (Å²) in [5.41, 5.74) is 4.36. The maximum absolute atomic E-state index is 6.07. The number of benzene rings is 2. The minimum atomic E-state index is 0.442. The van der Waals surface area contributed by atoms with E-state index in [9.17, 15) is 0 Å². The topological polar surface area (TPSA) is 77.2 Å². The van der Waals surface area contributed by atoms with Gasteiger partial charge in [-0.2, -0.15) is 9.78 Å². The Hall–Kier alpha value is -2.64. The number of nitrogens with zero attached hydrogens (tertiary/aromatic N) is 5. The number of methoxy groups -OCH3 is 1. The average Bonchev–Trinajstić information content (AvgIpc) is 3.09. The van der Waals surface area contributed by atoms with Gasteiger partial charge in [-0.15, -0.1) is 5.10 Å². The van der Waals surface area contributed by atoms with Crippen LogP contribution in [-0.4, -0.2) is 33.5 Å². The van der Waals surface area contributed by atoms with Crippen molar-refractivity contribution in [3.63, 3.8) is 0 Å². The van der Waals surface area contributed by atoms with Gasteiger partial charge < -0.3 is 4.74 Å². The number of ether oxygens (including phenoxy) is 1. The smallest absolute Gasteiger partial charge is 0.162 e. The van der Waals surface area contributed by atoms with E-state index in [1.165, 1.54) is 0 Å². The maximum Gasteiger partial charge on any atom is 0.162 e. The fraction of sp³-hybridized carbons (Fsp3) is 0.125. The molecule has 0 unspecified atom stereocenters. The maximum atomic E-state index is 6.07. The Kier molecular flexibility index (Phi) is 5.47. The zero-order chi connectivity index (χ0) is 17.6. The number of anilines is 1. The molecule has 0 aliphatic rings. The molecule has 2 aromatic carbocycles. The lowest BCUT2D eigenvalue weighted by molar-refractivity contribution is 0.414. The summed E-state index contributed by atoms with van der Waals surface area (Å²) in [7, 11) is 1.62. The first kappa shape index (κ1) is 17.2. The molecule has 1 heterocycles. The van der Waals surface area contributed by atoms with E-state index in [1.54, 1.807) is 36.2 Å². The first-order valence-corrected chi connectivity index (χ1v) is 8.07. The zero-order valence-corrected chi connectivity index (χ0v) is 14.7. The summed E-state index contributed by atoms with van der Waals surface area (Å²) in [6.07, 6.45) is 2.11. The Balaban J connectivity index is 1.66. The van der Waals surface area contributed by atoms with E-state index in [1.807, 2.05) is 24.3 Å². The molecule has 25 heavy (non-hydrogen) atoms. The largest absolute Gasteiger partial charge is 0.497 e. The first-order valence-electron chi connectivity index (χ1n) is 7.31. The van der Waals surface area contributed by atoms with Gasteiger partial charge in [0.2, 0.25) is 0 Å². The minimum absolute atomic E-state index is 0.442. The Morgan fingerprint density at radius 3 is 2.72 bits per heavy atom. The fourth-order valence-electron chi connectivity index (χ4n) is 2.08. The molecule has 0 saturated heterocycles. The molecule has 1 aromatic heterocycles. The summed E-state index contributed by atoms with van der Waals surface area (Å²) in [4.78, 5) is 0. The predicted octanol–water partition coefficient (Wildman–Crippen LogP) is 3.62. The molecule has 0 bridgehead atoms. The number of hydrogen-bond donors (Lipinski definition) is 1. The van der Waals surface area contributed by atoms with E-state index in [4.69, 9.17) is 27.9 Å². The summed E-state index contributed by atoms with van der Waals surface area (Å²) >= 11 is 11.9. The van der Waals surface area contributed by atoms with Crippen molar-refractivity contribution in [3.8, 4) is 11.4 Å². The average molecular weight is 377 g/mol. The van der Waals surface area contributed by atoms with Crippen LogP contribution < -0.4 is 10.2 Å². The number of tetrazole rings is 1. The number of aromatic nitrogens is 4. The number of rotatable bonds is 6. The van der Waals surface area contributed by atoms with E-state index in [-0.39, 0.29) is 0 Å². The molecule has 0 fully saturated rings. The van der Waals surface area contributed by atoms with E-state index in [0.717, 1.165) is 11.4 Å². The van der Waals surface area contributed by atoms with E-state index < -0.39 is 0 Å². The van der Waals surface area contributed by atoms with Gasteiger partial charge >= 0.3 is 0 Å². The molecular weight excluding hydrogens is 363 g/mol. The summed E-state index contributed by atoms with van der Waals surface area (Å²) < 4.78 is 6.79. The highest BCUT2D eigenvalue weighted by Gasteiger charge is 2.07. The Morgan fingerprint density at radius 2 is 2.00 bits per heavy atom. The van der Waals surface area contributed by atoms with E-state index in [0.29, 0.717) is 28.0 Å². The quantitative estimate of drug-likeness (QED) is 0.525. The molecule has 9 heteroatoms. The number of nitrogens with one attached hydrogen (secondary N) is 1. The number of hydrazone groups is 1. The predicted molar refractivity (Wildman–Crippen MR) is 98.0 cm³/mol. The van der Waals surface area contributed by atoms with Crippen molar-refractivity contribution in [2.75, 3.05) is 12.5 Å². The monoisotopic (exact) mass is 376 g/mol. The van der Waals surface area contributed by atoms with Gasteiger partial charge in [0.05, 0.1) is 23.5 Å². The van der Waals surface area contributed by atoms with Crippen molar-refractivity contribution in [2.45, 2.75) is 6.42 Å². The summed E-state index contributed by atoms with van der Waals surface area (Å²) in [5.74, 6) is 1.42. The summed E-state index contributed by atoms with van der Waals surface area (Å²) in [5, 5.41) is 16.9. The van der Waals surface area contributed by atoms with Crippen LogP contribution in [0.1, 0.15) is 5.82 Å². The van der Waals surface area contributed by atoms with Gasteiger partial charge in [-0.25, -0.2) is 0 Å². The minimum Gasteiger partial charge on any atom is -0.497 e. The van der Waals surface area contributed by atoms with Crippen LogP contribution in [0.2, 0.25) is 10.0 Å². The van der Waals surface area contributed by atoms with Gasteiger partial charge in [-0.3, -0.25) is 5.43 Å². The van der Waals surface area contributed by atoms with Crippen molar-refractivity contribution in [2.24, 2.45) is 5.10 Å². The van der Waals surface area contributed by atoms with Crippen LogP contribution in [0.5, 0.6) is 5.75 Å². The molecule has 0 amide bonds. The van der Waals surface area contributed by atoms with Crippen LogP contribution in [-0.2, 0) is 6.42 Å². The summed E-state index contributed by atoms with van der Waals surface area (Å²) in [6.45, 7) is 0. The molecule has 0 spiro atoms. The molecule has 0 saturated carbocycles. The molecule has 1 N–H and O–H groups in total. The second-order valence-corrected chi connectivity index (χ2v) is 5.80. The highest BCUT2D eigenvalue weighted by molar-refractivity contribution is 6.36. The van der Waals surface area contributed by atoms with Gasteiger partial charge in [0.25, 0.3) is 0 Å². The third kappa shape index (κ3) is 4.26. The number of hydrogen-bond acceptors (Lipinski definition) is 6. The van der Waals surface area contributed by atoms with Crippen molar-refractivity contribution in [1.82, 2.24) is 20.2 Å². The third-order valence-corrected chi connectivity index (χ3v) is 3.88. The molecule has 3 rings (SSSR count). The highest BCUT2D eigenvalue weighted by atomic mass is 35.5. The second-order valence-electron chi connectivity index (χ2n) is 4.96. The molecule has 0 aliphatic heterocycles. The van der Waals surface area contributed by atoms with Gasteiger partial charge in [-0.05, 0) is 52.9 Å². The first-order chi connectivity index (χ1) is 12.2. The normalized spacial score (nSPS) is 11.0. The fourth-order valence-corrected chi connectivity index (χ4v) is 2.53. The van der Waals surface area contributed by atoms with E-state index in [2.05, 4.69) is 26.1 Å². The van der Waals surface area contributed by atoms with Gasteiger partial charge in [0.15, 0.2) is 5.82 Å². The van der Waals surface area contributed by atoms with E-state index >= 15 is 0 Å². The molecule has 0 radical (unpaired) electrons. The molecule has 3 aromatic rings. The van der Waals surface area contributed by atoms with Crippen LogP contribution in [0.4, 0.5) is 5.69 Å². The Bertz CT molecular complexity index is 879. The van der Waals surface area contributed by atoms with Crippen molar-refractivity contribution in [3.05, 3.63) is 58.3 Å². The molecule has 7 nitrogen and oxygen atoms in total. The van der Waals surface area contributed by atoms with Gasteiger partial charge in [0, 0.05) is 17.7 Å².